The first-order chi connectivity index (χ1) is 7.63. The van der Waals surface area contributed by atoms with Gasteiger partial charge in [-0.05, 0) is 54.4 Å². The summed E-state index contributed by atoms with van der Waals surface area (Å²) in [6, 6.07) is 0. The Hall–Kier alpha value is -0.590. The summed E-state index contributed by atoms with van der Waals surface area (Å²) in [7, 11) is 1.54. The third kappa shape index (κ3) is 4.51. The van der Waals surface area contributed by atoms with Crippen LogP contribution in [0.3, 0.4) is 0 Å². The van der Waals surface area contributed by atoms with Crippen LogP contribution in [-0.4, -0.2) is 23.0 Å². The molecule has 0 spiro atoms. The fourth-order valence-electron chi connectivity index (χ4n) is 1.67. The number of allylic oxidation sites excluding steroid dienone is 1. The summed E-state index contributed by atoms with van der Waals surface area (Å²) >= 11 is 1.85. The van der Waals surface area contributed by atoms with Gasteiger partial charge in [0.05, 0.1) is 0 Å². The maximum Gasteiger partial charge on any atom is 0.407 e. The first-order valence-corrected chi connectivity index (χ1v) is 6.45. The Morgan fingerprint density at radius 1 is 1.44 bits per heavy atom. The number of rotatable bonds is 2. The van der Waals surface area contributed by atoms with Crippen LogP contribution in [-0.2, 0) is 9.53 Å². The molecule has 1 aliphatic carbocycles. The third-order valence-electron chi connectivity index (χ3n) is 2.60. The van der Waals surface area contributed by atoms with Crippen LogP contribution in [0.2, 0.25) is 0 Å². The number of halogens is 1. The first kappa shape index (κ1) is 13.5. The normalized spacial score (nSPS) is 27.4. The van der Waals surface area contributed by atoms with Crippen LogP contribution in [0.5, 0.6) is 0 Å². The number of ether oxygens (including phenoxy) is 1. The van der Waals surface area contributed by atoms with Crippen molar-refractivity contribution in [3.63, 3.8) is 0 Å². The average molecular weight is 337 g/mol. The molecule has 1 amide bonds. The number of hydrogen-bond acceptors (Lipinski definition) is 3. The second-order valence-corrected chi connectivity index (χ2v) is 4.85. The lowest BCUT2D eigenvalue weighted by Gasteiger charge is -2.18. The van der Waals surface area contributed by atoms with E-state index < -0.39 is 6.09 Å². The van der Waals surface area contributed by atoms with Crippen LogP contribution in [0.1, 0.15) is 25.7 Å². The second-order valence-electron chi connectivity index (χ2n) is 3.79. The summed E-state index contributed by atoms with van der Waals surface area (Å²) in [6.07, 6.45) is 6.56. The lowest BCUT2D eigenvalue weighted by atomic mass is 9.95. The van der Waals surface area contributed by atoms with Crippen LogP contribution in [0.4, 0.5) is 4.79 Å². The molecule has 0 saturated carbocycles. The molecule has 4 nitrogen and oxygen atoms in total. The van der Waals surface area contributed by atoms with Crippen LogP contribution in [0.25, 0.3) is 0 Å². The molecule has 90 valence electrons. The highest BCUT2D eigenvalue weighted by Crippen LogP contribution is 2.22. The maximum atomic E-state index is 11.2. The highest BCUT2D eigenvalue weighted by Gasteiger charge is 2.18. The van der Waals surface area contributed by atoms with E-state index in [0.717, 1.165) is 25.7 Å². The van der Waals surface area contributed by atoms with Crippen molar-refractivity contribution < 1.29 is 14.3 Å². The Morgan fingerprint density at radius 2 is 2.19 bits per heavy atom. The van der Waals surface area contributed by atoms with Gasteiger partial charge in [0.25, 0.3) is 0 Å². The van der Waals surface area contributed by atoms with E-state index in [9.17, 15) is 9.59 Å². The zero-order chi connectivity index (χ0) is 12.0. The van der Waals surface area contributed by atoms with Gasteiger partial charge < -0.3 is 10.1 Å². The quantitative estimate of drug-likeness (QED) is 0.478. The van der Waals surface area contributed by atoms with Gasteiger partial charge in [-0.3, -0.25) is 4.79 Å². The van der Waals surface area contributed by atoms with Gasteiger partial charge in [0, 0.05) is 13.0 Å². The van der Waals surface area contributed by atoms with Gasteiger partial charge in [-0.1, -0.05) is 6.08 Å². The monoisotopic (exact) mass is 337 g/mol. The second kappa shape index (κ2) is 6.88. The van der Waals surface area contributed by atoms with E-state index in [1.54, 1.807) is 7.05 Å². The van der Waals surface area contributed by atoms with Gasteiger partial charge in [-0.2, -0.15) is 0 Å². The summed E-state index contributed by atoms with van der Waals surface area (Å²) < 4.78 is 5.36. The van der Waals surface area contributed by atoms with E-state index in [1.807, 2.05) is 34.7 Å². The lowest BCUT2D eigenvalue weighted by Crippen LogP contribution is -2.25. The van der Waals surface area contributed by atoms with Crippen molar-refractivity contribution in [3.8, 4) is 0 Å². The van der Waals surface area contributed by atoms with Gasteiger partial charge in [0.15, 0.2) is 3.79 Å². The van der Waals surface area contributed by atoms with Crippen molar-refractivity contribution in [3.05, 3.63) is 12.2 Å². The van der Waals surface area contributed by atoms with Crippen molar-refractivity contribution in [1.82, 2.24) is 5.32 Å². The minimum atomic E-state index is -0.406. The van der Waals surface area contributed by atoms with Gasteiger partial charge in [0.1, 0.15) is 6.10 Å². The number of hydrogen-bond donors (Lipinski definition) is 1. The molecule has 2 unspecified atom stereocenters. The molecule has 0 bridgehead atoms. The number of carbonyl (C=O) groups is 2. The molecule has 5 heteroatoms. The first-order valence-electron chi connectivity index (χ1n) is 5.38. The number of carbonyl (C=O) groups excluding carboxylic acids is 2. The van der Waals surface area contributed by atoms with Crippen LogP contribution >= 0.6 is 22.6 Å². The molecule has 0 aromatic rings. The Bertz CT molecular complexity index is 291. The minimum Gasteiger partial charge on any atom is -0.442 e. The summed E-state index contributed by atoms with van der Waals surface area (Å²) in [4.78, 5) is 22.3. The predicted molar refractivity (Wildman–Crippen MR) is 69.5 cm³/mol. The highest BCUT2D eigenvalue weighted by atomic mass is 127. The Labute approximate surface area is 109 Å². The van der Waals surface area contributed by atoms with Crippen molar-refractivity contribution in [2.24, 2.45) is 5.92 Å². The summed E-state index contributed by atoms with van der Waals surface area (Å²) in [5, 5.41) is 2.42. The molecule has 0 saturated heterocycles. The molecular formula is C11H16INO3. The van der Waals surface area contributed by atoms with Crippen molar-refractivity contribution >= 4 is 32.5 Å². The van der Waals surface area contributed by atoms with Gasteiger partial charge in [0.2, 0.25) is 0 Å². The van der Waals surface area contributed by atoms with Gasteiger partial charge in [-0.15, -0.1) is 0 Å². The zero-order valence-electron chi connectivity index (χ0n) is 9.24. The fourth-order valence-corrected chi connectivity index (χ4v) is 2.24. The van der Waals surface area contributed by atoms with E-state index in [-0.39, 0.29) is 15.8 Å². The van der Waals surface area contributed by atoms with E-state index >= 15 is 0 Å². The largest absolute Gasteiger partial charge is 0.442 e. The number of alkyl carbamates (subject to hydrolysis) is 1. The van der Waals surface area contributed by atoms with Gasteiger partial charge in [-0.25, -0.2) is 4.79 Å². The molecule has 1 N–H and O–H groups in total. The molecule has 1 aliphatic rings. The van der Waals surface area contributed by atoms with E-state index in [2.05, 4.69) is 5.32 Å². The zero-order valence-corrected chi connectivity index (χ0v) is 11.4. The molecule has 2 atom stereocenters. The fraction of sp³-hybridized carbons (Fsp3) is 0.636. The standard InChI is InChI=1S/C11H16INO3/c1-13-11(15)16-9-6-2-4-8(10(12)14)5-3-7-9/h2,6,8-9H,3-5,7H2,1H3,(H,13,15)/b6-2+. The molecule has 0 aliphatic heterocycles. The van der Waals surface area contributed by atoms with Crippen molar-refractivity contribution in [2.75, 3.05) is 7.05 Å². The summed E-state index contributed by atoms with van der Waals surface area (Å²) in [5.41, 5.74) is 0. The maximum absolute atomic E-state index is 11.2. The summed E-state index contributed by atoms with van der Waals surface area (Å²) in [6.45, 7) is 0. The average Bonchev–Trinajstić information content (AvgIpc) is 2.21. The highest BCUT2D eigenvalue weighted by molar-refractivity contribution is 14.1. The molecular weight excluding hydrogens is 321 g/mol. The van der Waals surface area contributed by atoms with Gasteiger partial charge >= 0.3 is 6.09 Å². The number of nitrogens with one attached hydrogen (secondary N) is 1. The lowest BCUT2D eigenvalue weighted by molar-refractivity contribution is -0.113. The molecule has 0 heterocycles. The minimum absolute atomic E-state index is 0.123. The Balaban J connectivity index is 2.48. The smallest absolute Gasteiger partial charge is 0.407 e. The Kier molecular flexibility index (Phi) is 5.79. The van der Waals surface area contributed by atoms with Crippen molar-refractivity contribution in [1.29, 1.82) is 0 Å². The molecule has 1 rings (SSSR count). The summed E-state index contributed by atoms with van der Waals surface area (Å²) in [5.74, 6) is 0.123. The molecule has 0 fully saturated rings. The van der Waals surface area contributed by atoms with Crippen LogP contribution < -0.4 is 5.32 Å². The SMILES string of the molecule is CNC(=O)OC1/C=C/CC(C(=O)I)CCC1. The Morgan fingerprint density at radius 3 is 2.81 bits per heavy atom. The topological polar surface area (TPSA) is 55.4 Å². The van der Waals surface area contributed by atoms with Crippen LogP contribution in [0, 0.1) is 5.92 Å². The predicted octanol–water partition coefficient (Wildman–Crippen LogP) is 2.42. The van der Waals surface area contributed by atoms with E-state index in [1.165, 1.54) is 0 Å². The van der Waals surface area contributed by atoms with Crippen LogP contribution in [0.15, 0.2) is 12.2 Å². The molecule has 0 aromatic heterocycles. The van der Waals surface area contributed by atoms with E-state index in [0.29, 0.717) is 0 Å². The van der Waals surface area contributed by atoms with Crippen molar-refractivity contribution in [2.45, 2.75) is 31.8 Å². The molecule has 0 radical (unpaired) electrons. The molecule has 16 heavy (non-hydrogen) atoms. The van der Waals surface area contributed by atoms with E-state index in [4.69, 9.17) is 4.74 Å². The molecule has 0 aromatic carbocycles. The number of amides is 1. The third-order valence-corrected chi connectivity index (χ3v) is 3.48.